The van der Waals surface area contributed by atoms with Crippen LogP contribution in [0.3, 0.4) is 0 Å². The Bertz CT molecular complexity index is 1210. The molecular weight excluding hydrogens is 399 g/mol. The third-order valence-electron chi connectivity index (χ3n) is 4.30. The first kappa shape index (κ1) is 20.0. The summed E-state index contributed by atoms with van der Waals surface area (Å²) in [6, 6.07) is 14.3. The quantitative estimate of drug-likeness (QED) is 0.483. The van der Waals surface area contributed by atoms with Crippen molar-refractivity contribution in [2.75, 3.05) is 10.6 Å². The van der Waals surface area contributed by atoms with Crippen molar-refractivity contribution in [3.8, 4) is 17.4 Å². The molecule has 4 rings (SSSR count). The summed E-state index contributed by atoms with van der Waals surface area (Å²) in [5.41, 5.74) is 1.43. The molecule has 0 aliphatic carbocycles. The molecule has 2 aromatic carbocycles. The first-order chi connectivity index (χ1) is 15.0. The highest BCUT2D eigenvalue weighted by atomic mass is 19.1. The second kappa shape index (κ2) is 8.62. The van der Waals surface area contributed by atoms with Crippen molar-refractivity contribution in [2.24, 2.45) is 0 Å². The van der Waals surface area contributed by atoms with E-state index >= 15 is 0 Å². The zero-order valence-electron chi connectivity index (χ0n) is 16.8. The maximum atomic E-state index is 13.6. The summed E-state index contributed by atoms with van der Waals surface area (Å²) in [5.74, 6) is 1.67. The Balaban J connectivity index is 1.40. The first-order valence-corrected chi connectivity index (χ1v) is 9.44. The van der Waals surface area contributed by atoms with E-state index in [0.29, 0.717) is 40.2 Å². The molecule has 0 saturated heterocycles. The van der Waals surface area contributed by atoms with Crippen LogP contribution in [0, 0.1) is 19.7 Å². The molecule has 0 saturated carbocycles. The predicted molar refractivity (Wildman–Crippen MR) is 114 cm³/mol. The number of urea groups is 1. The van der Waals surface area contributed by atoms with Crippen LogP contribution in [0.4, 0.5) is 20.6 Å². The summed E-state index contributed by atoms with van der Waals surface area (Å²) >= 11 is 0. The van der Waals surface area contributed by atoms with Gasteiger partial charge in [-0.05, 0) is 61.9 Å². The number of hydrogen-bond acceptors (Lipinski definition) is 5. The number of carbonyl (C=O) groups excluding carboxylic acids is 1. The molecule has 0 atom stereocenters. The van der Waals surface area contributed by atoms with E-state index in [0.717, 1.165) is 0 Å². The lowest BCUT2D eigenvalue weighted by Gasteiger charge is -2.10. The minimum Gasteiger partial charge on any atom is -0.439 e. The smallest absolute Gasteiger partial charge is 0.323 e. The average Bonchev–Trinajstić information content (AvgIpc) is 3.27. The van der Waals surface area contributed by atoms with Gasteiger partial charge in [-0.3, -0.25) is 0 Å². The van der Waals surface area contributed by atoms with Gasteiger partial charge in [0.15, 0.2) is 5.82 Å². The standard InChI is InChI=1S/C22H19FN6O2/c1-14-4-5-17(12-19(14)23)28-22(30)27-16-6-8-18(9-7-16)31-21-13-20(25-15(2)26-21)29-11-3-10-24-29/h3-13H,1-2H3,(H2,27,28,30). The summed E-state index contributed by atoms with van der Waals surface area (Å²) in [5, 5.41) is 9.44. The van der Waals surface area contributed by atoms with Crippen LogP contribution in [-0.2, 0) is 0 Å². The zero-order valence-corrected chi connectivity index (χ0v) is 16.8. The number of ether oxygens (including phenoxy) is 1. The Morgan fingerprint density at radius 3 is 2.45 bits per heavy atom. The number of aryl methyl sites for hydroxylation is 2. The number of halogens is 1. The van der Waals surface area contributed by atoms with E-state index in [-0.39, 0.29) is 5.82 Å². The highest BCUT2D eigenvalue weighted by molar-refractivity contribution is 5.99. The lowest BCUT2D eigenvalue weighted by molar-refractivity contribution is 0.262. The molecule has 2 amide bonds. The number of aromatic nitrogens is 4. The van der Waals surface area contributed by atoms with E-state index in [2.05, 4.69) is 25.7 Å². The summed E-state index contributed by atoms with van der Waals surface area (Å²) < 4.78 is 21.0. The molecule has 0 fully saturated rings. The van der Waals surface area contributed by atoms with E-state index in [4.69, 9.17) is 4.74 Å². The molecule has 2 heterocycles. The van der Waals surface area contributed by atoms with Gasteiger partial charge in [-0.2, -0.15) is 10.1 Å². The molecule has 9 heteroatoms. The van der Waals surface area contributed by atoms with Gasteiger partial charge in [0.2, 0.25) is 5.88 Å². The summed E-state index contributed by atoms with van der Waals surface area (Å²) in [6.45, 7) is 3.43. The molecule has 2 aromatic heterocycles. The van der Waals surface area contributed by atoms with Crippen LogP contribution in [0.15, 0.2) is 67.0 Å². The van der Waals surface area contributed by atoms with Crippen molar-refractivity contribution >= 4 is 17.4 Å². The van der Waals surface area contributed by atoms with Gasteiger partial charge < -0.3 is 15.4 Å². The van der Waals surface area contributed by atoms with E-state index in [1.54, 1.807) is 79.5 Å². The Hall–Kier alpha value is -4.27. The summed E-state index contributed by atoms with van der Waals surface area (Å²) in [7, 11) is 0. The van der Waals surface area contributed by atoms with Gasteiger partial charge in [-0.25, -0.2) is 18.9 Å². The molecule has 0 spiro atoms. The number of anilines is 2. The number of nitrogens with one attached hydrogen (secondary N) is 2. The SMILES string of the molecule is Cc1nc(Oc2ccc(NC(=O)Nc3ccc(C)c(F)c3)cc2)cc(-n2cccn2)n1. The number of amides is 2. The van der Waals surface area contributed by atoms with Crippen LogP contribution < -0.4 is 15.4 Å². The van der Waals surface area contributed by atoms with Gasteiger partial charge in [-0.1, -0.05) is 6.07 Å². The molecule has 0 aliphatic heterocycles. The molecule has 8 nitrogen and oxygen atoms in total. The fraction of sp³-hybridized carbons (Fsp3) is 0.0909. The summed E-state index contributed by atoms with van der Waals surface area (Å²) in [6.07, 6.45) is 3.44. The molecular formula is C22H19FN6O2. The van der Waals surface area contributed by atoms with Gasteiger partial charge in [0.25, 0.3) is 0 Å². The van der Waals surface area contributed by atoms with Gasteiger partial charge in [0.1, 0.15) is 17.4 Å². The average molecular weight is 418 g/mol. The van der Waals surface area contributed by atoms with Crippen molar-refractivity contribution < 1.29 is 13.9 Å². The fourth-order valence-corrected chi connectivity index (χ4v) is 2.79. The maximum Gasteiger partial charge on any atom is 0.323 e. The third-order valence-corrected chi connectivity index (χ3v) is 4.30. The van der Waals surface area contributed by atoms with Crippen LogP contribution in [0.1, 0.15) is 11.4 Å². The maximum absolute atomic E-state index is 13.6. The van der Waals surface area contributed by atoms with Crippen LogP contribution in [0.2, 0.25) is 0 Å². The fourth-order valence-electron chi connectivity index (χ4n) is 2.79. The Morgan fingerprint density at radius 1 is 1.00 bits per heavy atom. The van der Waals surface area contributed by atoms with Crippen molar-refractivity contribution in [1.82, 2.24) is 19.7 Å². The molecule has 0 bridgehead atoms. The number of rotatable bonds is 5. The number of benzene rings is 2. The lowest BCUT2D eigenvalue weighted by atomic mass is 10.2. The lowest BCUT2D eigenvalue weighted by Crippen LogP contribution is -2.19. The van der Waals surface area contributed by atoms with Crippen molar-refractivity contribution in [3.05, 3.63) is 84.2 Å². The third kappa shape index (κ3) is 5.02. The number of nitrogens with zero attached hydrogens (tertiary/aromatic N) is 4. The minimum atomic E-state index is -0.479. The number of carbonyl (C=O) groups is 1. The van der Waals surface area contributed by atoms with Gasteiger partial charge in [0.05, 0.1) is 0 Å². The Morgan fingerprint density at radius 2 is 1.74 bits per heavy atom. The van der Waals surface area contributed by atoms with E-state index in [9.17, 15) is 9.18 Å². The monoisotopic (exact) mass is 418 g/mol. The van der Waals surface area contributed by atoms with Crippen LogP contribution in [0.25, 0.3) is 5.82 Å². The molecule has 0 unspecified atom stereocenters. The van der Waals surface area contributed by atoms with E-state index < -0.39 is 6.03 Å². The number of hydrogen-bond donors (Lipinski definition) is 2. The van der Waals surface area contributed by atoms with Crippen molar-refractivity contribution in [1.29, 1.82) is 0 Å². The molecule has 2 N–H and O–H groups in total. The summed E-state index contributed by atoms with van der Waals surface area (Å²) in [4.78, 5) is 20.8. The molecule has 0 radical (unpaired) electrons. The van der Waals surface area contributed by atoms with E-state index in [1.165, 1.54) is 6.07 Å². The molecule has 4 aromatic rings. The second-order valence-corrected chi connectivity index (χ2v) is 6.73. The highest BCUT2D eigenvalue weighted by Gasteiger charge is 2.08. The molecule has 156 valence electrons. The van der Waals surface area contributed by atoms with E-state index in [1.807, 2.05) is 0 Å². The van der Waals surface area contributed by atoms with Crippen molar-refractivity contribution in [2.45, 2.75) is 13.8 Å². The largest absolute Gasteiger partial charge is 0.439 e. The van der Waals surface area contributed by atoms with Gasteiger partial charge in [-0.15, -0.1) is 0 Å². The molecule has 0 aliphatic rings. The topological polar surface area (TPSA) is 94.0 Å². The van der Waals surface area contributed by atoms with Crippen LogP contribution >= 0.6 is 0 Å². The molecule has 31 heavy (non-hydrogen) atoms. The second-order valence-electron chi connectivity index (χ2n) is 6.73. The first-order valence-electron chi connectivity index (χ1n) is 9.44. The van der Waals surface area contributed by atoms with Crippen molar-refractivity contribution in [3.63, 3.8) is 0 Å². The Labute approximate surface area is 177 Å². The normalized spacial score (nSPS) is 10.5. The minimum absolute atomic E-state index is 0.368. The Kier molecular flexibility index (Phi) is 5.57. The van der Waals surface area contributed by atoms with Crippen LogP contribution in [0.5, 0.6) is 11.6 Å². The highest BCUT2D eigenvalue weighted by Crippen LogP contribution is 2.23. The van der Waals surface area contributed by atoms with Gasteiger partial charge in [0, 0.05) is 29.8 Å². The van der Waals surface area contributed by atoms with Crippen LogP contribution in [-0.4, -0.2) is 25.8 Å². The van der Waals surface area contributed by atoms with Gasteiger partial charge >= 0.3 is 6.03 Å². The predicted octanol–water partition coefficient (Wildman–Crippen LogP) is 4.85. The zero-order chi connectivity index (χ0) is 21.8.